The Morgan fingerprint density at radius 2 is 1.86 bits per heavy atom. The molecule has 0 aliphatic rings. The quantitative estimate of drug-likeness (QED) is 0.530. The summed E-state index contributed by atoms with van der Waals surface area (Å²) in [6, 6.07) is 12.7. The Morgan fingerprint density at radius 3 is 2.54 bits per heavy atom. The fourth-order valence-electron chi connectivity index (χ4n) is 1.94. The average molecular weight is 389 g/mol. The minimum atomic E-state index is -1.02. The number of carbonyl (C=O) groups is 2. The lowest BCUT2D eigenvalue weighted by Crippen LogP contribution is -2.48. The fourth-order valence-corrected chi connectivity index (χ4v) is 1.94. The number of hydrogen-bond acceptors (Lipinski definition) is 6. The van der Waals surface area contributed by atoms with Crippen LogP contribution in [0.15, 0.2) is 53.7 Å². The molecule has 2 N–H and O–H groups in total. The highest BCUT2D eigenvalue weighted by Gasteiger charge is 2.17. The molecule has 2 aromatic carbocycles. The Balaban J connectivity index is 1.69. The Labute approximate surface area is 161 Å². The maximum atomic E-state index is 13.5. The van der Waals surface area contributed by atoms with E-state index in [-0.39, 0.29) is 5.75 Å². The lowest BCUT2D eigenvalue weighted by Gasteiger charge is -2.15. The van der Waals surface area contributed by atoms with Crippen LogP contribution in [-0.2, 0) is 14.4 Å². The number of benzene rings is 2. The van der Waals surface area contributed by atoms with Gasteiger partial charge in [-0.15, -0.1) is 0 Å². The summed E-state index contributed by atoms with van der Waals surface area (Å²) in [7, 11) is 1.57. The Kier molecular flexibility index (Phi) is 7.77. The van der Waals surface area contributed by atoms with Gasteiger partial charge in [0, 0.05) is 0 Å². The second kappa shape index (κ2) is 10.5. The summed E-state index contributed by atoms with van der Waals surface area (Å²) in [6.07, 6.45) is 0.404. The molecule has 0 saturated heterocycles. The molecule has 0 aliphatic heterocycles. The van der Waals surface area contributed by atoms with Crippen molar-refractivity contribution in [1.29, 1.82) is 0 Å². The molecule has 148 valence electrons. The van der Waals surface area contributed by atoms with Gasteiger partial charge in [0.15, 0.2) is 24.3 Å². The van der Waals surface area contributed by atoms with Crippen LogP contribution in [0, 0.1) is 5.82 Å². The van der Waals surface area contributed by atoms with Gasteiger partial charge in [0.25, 0.3) is 11.8 Å². The van der Waals surface area contributed by atoms with Gasteiger partial charge < -0.3 is 14.3 Å². The number of rotatable bonds is 8. The summed E-state index contributed by atoms with van der Waals surface area (Å²) < 4.78 is 23.7. The highest BCUT2D eigenvalue weighted by molar-refractivity contribution is 5.85. The van der Waals surface area contributed by atoms with E-state index in [1.165, 1.54) is 31.3 Å². The van der Waals surface area contributed by atoms with Crippen LogP contribution >= 0.6 is 0 Å². The molecule has 2 rings (SSSR count). The minimum Gasteiger partial charge on any atom is -0.497 e. The van der Waals surface area contributed by atoms with Gasteiger partial charge in [-0.25, -0.2) is 4.39 Å². The van der Waals surface area contributed by atoms with Crippen LogP contribution in [0.25, 0.3) is 0 Å². The summed E-state index contributed by atoms with van der Waals surface area (Å²) >= 11 is 0. The first-order valence-corrected chi connectivity index (χ1v) is 8.29. The van der Waals surface area contributed by atoms with E-state index < -0.39 is 30.3 Å². The molecule has 8 nitrogen and oxygen atoms in total. The van der Waals surface area contributed by atoms with Gasteiger partial charge in [0.2, 0.25) is 0 Å². The standard InChI is InChI=1S/C19H20FN3O5/c1-13(28-17-6-4-3-5-16(17)20)19(25)23-22-18(24)12-27-21-11-14-7-9-15(26-2)10-8-14/h3-11,13H,12H2,1-2H3,(H,22,24)(H,23,25)/b21-11-/t13-/m0/s1. The number of hydrazine groups is 1. The Morgan fingerprint density at radius 1 is 1.14 bits per heavy atom. The summed E-state index contributed by atoms with van der Waals surface area (Å²) in [4.78, 5) is 28.4. The van der Waals surface area contributed by atoms with Crippen molar-refractivity contribution in [1.82, 2.24) is 10.9 Å². The van der Waals surface area contributed by atoms with E-state index >= 15 is 0 Å². The predicted octanol–water partition coefficient (Wildman–Crippen LogP) is 1.80. The zero-order chi connectivity index (χ0) is 20.4. The number of para-hydroxylation sites is 1. The number of hydrogen-bond donors (Lipinski definition) is 2. The lowest BCUT2D eigenvalue weighted by molar-refractivity contribution is -0.134. The van der Waals surface area contributed by atoms with Gasteiger partial charge in [-0.2, -0.15) is 0 Å². The van der Waals surface area contributed by atoms with Crippen molar-refractivity contribution in [3.05, 3.63) is 59.9 Å². The molecule has 0 fully saturated rings. The molecule has 0 aliphatic carbocycles. The average Bonchev–Trinajstić information content (AvgIpc) is 2.71. The summed E-state index contributed by atoms with van der Waals surface area (Å²) in [5.41, 5.74) is 5.07. The molecule has 0 unspecified atom stereocenters. The first-order valence-electron chi connectivity index (χ1n) is 8.29. The normalized spacial score (nSPS) is 11.5. The number of methoxy groups -OCH3 is 1. The Bertz CT molecular complexity index is 827. The molecular formula is C19H20FN3O5. The smallest absolute Gasteiger partial charge is 0.279 e. The van der Waals surface area contributed by atoms with Crippen molar-refractivity contribution in [2.24, 2.45) is 5.16 Å². The van der Waals surface area contributed by atoms with Gasteiger partial charge in [-0.1, -0.05) is 17.3 Å². The highest BCUT2D eigenvalue weighted by atomic mass is 19.1. The number of nitrogens with one attached hydrogen (secondary N) is 2. The summed E-state index contributed by atoms with van der Waals surface area (Å²) in [5.74, 6) is -1.22. The molecule has 2 amide bonds. The number of halogens is 1. The second-order valence-electron chi connectivity index (χ2n) is 5.51. The summed E-state index contributed by atoms with van der Waals surface area (Å²) in [5, 5.41) is 3.66. The first-order chi connectivity index (χ1) is 13.5. The third-order valence-electron chi connectivity index (χ3n) is 3.42. The molecule has 28 heavy (non-hydrogen) atoms. The molecule has 1 atom stereocenters. The molecule has 0 aromatic heterocycles. The zero-order valence-electron chi connectivity index (χ0n) is 15.3. The second-order valence-corrected chi connectivity index (χ2v) is 5.51. The maximum Gasteiger partial charge on any atom is 0.279 e. The Hall–Kier alpha value is -3.62. The first kappa shape index (κ1) is 20.7. The number of carbonyl (C=O) groups excluding carboxylic acids is 2. The SMILES string of the molecule is COc1ccc(/C=N\OCC(=O)NNC(=O)[C@H](C)Oc2ccccc2F)cc1. The monoisotopic (exact) mass is 389 g/mol. The summed E-state index contributed by atoms with van der Waals surface area (Å²) in [6.45, 7) is 1.01. The third kappa shape index (κ3) is 6.60. The molecule has 0 heterocycles. The lowest BCUT2D eigenvalue weighted by atomic mass is 10.2. The van der Waals surface area contributed by atoms with Gasteiger partial charge in [-0.3, -0.25) is 20.4 Å². The van der Waals surface area contributed by atoms with Gasteiger partial charge in [0.05, 0.1) is 13.3 Å². The molecule has 0 bridgehead atoms. The van der Waals surface area contributed by atoms with E-state index in [2.05, 4.69) is 16.0 Å². The molecule has 9 heteroatoms. The van der Waals surface area contributed by atoms with Crippen molar-refractivity contribution < 1.29 is 28.3 Å². The maximum absolute atomic E-state index is 13.5. The third-order valence-corrected chi connectivity index (χ3v) is 3.42. The number of ether oxygens (including phenoxy) is 2. The van der Waals surface area contributed by atoms with E-state index in [4.69, 9.17) is 14.3 Å². The van der Waals surface area contributed by atoms with Crippen LogP contribution in [0.1, 0.15) is 12.5 Å². The van der Waals surface area contributed by atoms with Crippen LogP contribution in [-0.4, -0.2) is 37.8 Å². The van der Waals surface area contributed by atoms with Gasteiger partial charge >= 0.3 is 0 Å². The van der Waals surface area contributed by atoms with Gasteiger partial charge in [0.1, 0.15) is 5.75 Å². The van der Waals surface area contributed by atoms with Crippen LogP contribution in [0.2, 0.25) is 0 Å². The van der Waals surface area contributed by atoms with Crippen LogP contribution in [0.4, 0.5) is 4.39 Å². The van der Waals surface area contributed by atoms with Crippen molar-refractivity contribution in [2.75, 3.05) is 13.7 Å². The highest BCUT2D eigenvalue weighted by Crippen LogP contribution is 2.16. The van der Waals surface area contributed by atoms with E-state index in [1.54, 1.807) is 37.4 Å². The molecule has 2 aromatic rings. The van der Waals surface area contributed by atoms with Gasteiger partial charge in [-0.05, 0) is 48.9 Å². The largest absolute Gasteiger partial charge is 0.497 e. The van der Waals surface area contributed by atoms with E-state index in [9.17, 15) is 14.0 Å². The van der Waals surface area contributed by atoms with Crippen LogP contribution < -0.4 is 20.3 Å². The van der Waals surface area contributed by atoms with Crippen molar-refractivity contribution in [2.45, 2.75) is 13.0 Å². The number of nitrogens with zero attached hydrogens (tertiary/aromatic N) is 1. The van der Waals surface area contributed by atoms with E-state index in [0.29, 0.717) is 5.75 Å². The molecule has 0 radical (unpaired) electrons. The molecular weight excluding hydrogens is 369 g/mol. The fraction of sp³-hybridized carbons (Fsp3) is 0.211. The number of amides is 2. The van der Waals surface area contributed by atoms with Crippen molar-refractivity contribution >= 4 is 18.0 Å². The number of oxime groups is 1. The van der Waals surface area contributed by atoms with Crippen molar-refractivity contribution in [3.63, 3.8) is 0 Å². The van der Waals surface area contributed by atoms with Crippen LogP contribution in [0.3, 0.4) is 0 Å². The zero-order valence-corrected chi connectivity index (χ0v) is 15.3. The van der Waals surface area contributed by atoms with E-state index in [0.717, 1.165) is 5.56 Å². The van der Waals surface area contributed by atoms with E-state index in [1.807, 2.05) is 0 Å². The van der Waals surface area contributed by atoms with Crippen LogP contribution in [0.5, 0.6) is 11.5 Å². The van der Waals surface area contributed by atoms with Crippen molar-refractivity contribution in [3.8, 4) is 11.5 Å². The molecule has 0 spiro atoms. The predicted molar refractivity (Wildman–Crippen MR) is 99.3 cm³/mol. The molecule has 0 saturated carbocycles. The minimum absolute atomic E-state index is 0.0623. The topological polar surface area (TPSA) is 98.3 Å².